The van der Waals surface area contributed by atoms with Gasteiger partial charge in [-0.25, -0.2) is 8.42 Å². The summed E-state index contributed by atoms with van der Waals surface area (Å²) in [6.07, 6.45) is 0.537. The third kappa shape index (κ3) is 7.96. The Bertz CT molecular complexity index is 273. The summed E-state index contributed by atoms with van der Waals surface area (Å²) in [6, 6.07) is 0. The van der Waals surface area contributed by atoms with Crippen LogP contribution in [-0.4, -0.2) is 26.7 Å². The molecule has 0 unspecified atom stereocenters. The summed E-state index contributed by atoms with van der Waals surface area (Å²) < 4.78 is 22.3. The predicted molar refractivity (Wildman–Crippen MR) is 51.5 cm³/mol. The Balaban J connectivity index is 3.79. The molecule has 0 radical (unpaired) electrons. The number of sulfonamides is 1. The second-order valence-electron chi connectivity index (χ2n) is 3.34. The number of hydrogen-bond donors (Lipinski definition) is 2. The van der Waals surface area contributed by atoms with Crippen LogP contribution in [0.2, 0.25) is 0 Å². The standard InChI is InChI=1S/C7H16N2O4S/c1-6(2)3-4-14(11,12)9-13-5-7(8)10/h6,9H,3-5H2,1-2H3,(H2,8,10). The van der Waals surface area contributed by atoms with Crippen LogP contribution in [0.1, 0.15) is 20.3 Å². The van der Waals surface area contributed by atoms with E-state index in [0.29, 0.717) is 12.3 Å². The highest BCUT2D eigenvalue weighted by atomic mass is 32.2. The van der Waals surface area contributed by atoms with Crippen molar-refractivity contribution in [2.45, 2.75) is 20.3 Å². The summed E-state index contributed by atoms with van der Waals surface area (Å²) in [6.45, 7) is 3.38. The lowest BCUT2D eigenvalue weighted by molar-refractivity contribution is -0.123. The number of carbonyl (C=O) groups is 1. The van der Waals surface area contributed by atoms with E-state index in [1.807, 2.05) is 18.7 Å². The molecule has 0 bridgehead atoms. The maximum Gasteiger partial charge on any atom is 0.245 e. The fraction of sp³-hybridized carbons (Fsp3) is 0.857. The zero-order chi connectivity index (χ0) is 11.2. The van der Waals surface area contributed by atoms with Gasteiger partial charge in [-0.15, -0.1) is 0 Å². The largest absolute Gasteiger partial charge is 0.368 e. The molecule has 0 heterocycles. The number of nitrogens with one attached hydrogen (secondary N) is 1. The van der Waals surface area contributed by atoms with Gasteiger partial charge in [0, 0.05) is 0 Å². The molecule has 0 aromatic rings. The van der Waals surface area contributed by atoms with Gasteiger partial charge in [0.2, 0.25) is 15.9 Å². The molecule has 0 aliphatic heterocycles. The molecule has 6 nitrogen and oxygen atoms in total. The summed E-state index contributed by atoms with van der Waals surface area (Å²) in [7, 11) is -3.45. The lowest BCUT2D eigenvalue weighted by Crippen LogP contribution is -2.31. The molecule has 0 spiro atoms. The van der Waals surface area contributed by atoms with Crippen LogP contribution in [0, 0.1) is 5.92 Å². The van der Waals surface area contributed by atoms with Gasteiger partial charge >= 0.3 is 0 Å². The monoisotopic (exact) mass is 224 g/mol. The minimum atomic E-state index is -3.45. The van der Waals surface area contributed by atoms with E-state index in [9.17, 15) is 13.2 Å². The Labute approximate surface area is 83.8 Å². The SMILES string of the molecule is CC(C)CCS(=O)(=O)NOCC(N)=O. The molecule has 0 fully saturated rings. The van der Waals surface area contributed by atoms with E-state index in [0.717, 1.165) is 0 Å². The van der Waals surface area contributed by atoms with E-state index in [1.54, 1.807) is 0 Å². The first-order valence-corrected chi connectivity index (χ1v) is 5.88. The highest BCUT2D eigenvalue weighted by molar-refractivity contribution is 7.89. The molecule has 0 aliphatic rings. The maximum atomic E-state index is 11.1. The third-order valence-electron chi connectivity index (χ3n) is 1.36. The molecular formula is C7H16N2O4S. The van der Waals surface area contributed by atoms with E-state index in [4.69, 9.17) is 5.73 Å². The molecule has 3 N–H and O–H groups in total. The summed E-state index contributed by atoms with van der Waals surface area (Å²) in [4.78, 5) is 16.4. The molecule has 0 aromatic carbocycles. The Hall–Kier alpha value is -0.660. The van der Waals surface area contributed by atoms with Gasteiger partial charge in [0.15, 0.2) is 0 Å². The van der Waals surface area contributed by atoms with Gasteiger partial charge in [0.1, 0.15) is 6.61 Å². The first-order chi connectivity index (χ1) is 6.33. The summed E-state index contributed by atoms with van der Waals surface area (Å²) in [5.74, 6) is -0.456. The van der Waals surface area contributed by atoms with Gasteiger partial charge in [-0.3, -0.25) is 9.63 Å². The molecule has 0 saturated heterocycles. The molecule has 0 atom stereocenters. The van der Waals surface area contributed by atoms with Crippen molar-refractivity contribution in [1.29, 1.82) is 0 Å². The van der Waals surface area contributed by atoms with Crippen LogP contribution in [0.25, 0.3) is 0 Å². The fourth-order valence-corrected chi connectivity index (χ4v) is 1.73. The second kappa shape index (κ2) is 5.94. The Morgan fingerprint density at radius 1 is 1.50 bits per heavy atom. The fourth-order valence-electron chi connectivity index (χ4n) is 0.623. The molecule has 0 rings (SSSR count). The molecule has 7 heteroatoms. The third-order valence-corrected chi connectivity index (χ3v) is 2.51. The number of carbonyl (C=O) groups excluding carboxylic acids is 1. The molecule has 14 heavy (non-hydrogen) atoms. The normalized spacial score (nSPS) is 11.9. The highest BCUT2D eigenvalue weighted by Crippen LogP contribution is 2.01. The first-order valence-electron chi connectivity index (χ1n) is 4.23. The lowest BCUT2D eigenvalue weighted by atomic mass is 10.2. The summed E-state index contributed by atoms with van der Waals surface area (Å²) in [5, 5.41) is 0. The maximum absolute atomic E-state index is 11.1. The van der Waals surface area contributed by atoms with E-state index < -0.39 is 22.5 Å². The predicted octanol–water partition coefficient (Wildman–Crippen LogP) is -0.631. The number of primary amides is 1. The van der Waals surface area contributed by atoms with Crippen LogP contribution in [-0.2, 0) is 19.7 Å². The van der Waals surface area contributed by atoms with Crippen LogP contribution in [0.4, 0.5) is 0 Å². The summed E-state index contributed by atoms with van der Waals surface area (Å²) >= 11 is 0. The first kappa shape index (κ1) is 13.3. The van der Waals surface area contributed by atoms with Crippen molar-refractivity contribution in [2.75, 3.05) is 12.4 Å². The topological polar surface area (TPSA) is 98.5 Å². The Morgan fingerprint density at radius 3 is 2.50 bits per heavy atom. The number of nitrogens with two attached hydrogens (primary N) is 1. The Kier molecular flexibility index (Phi) is 5.66. The van der Waals surface area contributed by atoms with Crippen molar-refractivity contribution in [2.24, 2.45) is 11.7 Å². The lowest BCUT2D eigenvalue weighted by Gasteiger charge is -2.07. The molecular weight excluding hydrogens is 208 g/mol. The molecule has 0 aliphatic carbocycles. The van der Waals surface area contributed by atoms with E-state index in [2.05, 4.69) is 4.84 Å². The van der Waals surface area contributed by atoms with Gasteiger partial charge < -0.3 is 5.73 Å². The Morgan fingerprint density at radius 2 is 2.07 bits per heavy atom. The smallest absolute Gasteiger partial charge is 0.245 e. The molecule has 0 aromatic heterocycles. The number of amides is 1. The average Bonchev–Trinajstić information content (AvgIpc) is 2.00. The van der Waals surface area contributed by atoms with Crippen LogP contribution in [0.5, 0.6) is 0 Å². The molecule has 1 amide bonds. The zero-order valence-electron chi connectivity index (χ0n) is 8.32. The summed E-state index contributed by atoms with van der Waals surface area (Å²) in [5.41, 5.74) is 4.75. The van der Waals surface area contributed by atoms with Crippen LogP contribution < -0.4 is 10.6 Å². The van der Waals surface area contributed by atoms with Crippen LogP contribution in [0.15, 0.2) is 0 Å². The van der Waals surface area contributed by atoms with E-state index >= 15 is 0 Å². The van der Waals surface area contributed by atoms with Crippen molar-refractivity contribution < 1.29 is 18.0 Å². The molecule has 84 valence electrons. The highest BCUT2D eigenvalue weighted by Gasteiger charge is 2.11. The van der Waals surface area contributed by atoms with Crippen molar-refractivity contribution in [1.82, 2.24) is 4.89 Å². The van der Waals surface area contributed by atoms with Gasteiger partial charge in [0.05, 0.1) is 5.75 Å². The van der Waals surface area contributed by atoms with Crippen molar-refractivity contribution in [3.8, 4) is 0 Å². The van der Waals surface area contributed by atoms with Gasteiger partial charge in [0.25, 0.3) is 0 Å². The minimum absolute atomic E-state index is 0.0244. The molecule has 0 saturated carbocycles. The van der Waals surface area contributed by atoms with Crippen molar-refractivity contribution in [3.05, 3.63) is 0 Å². The quantitative estimate of drug-likeness (QED) is 0.562. The number of rotatable bonds is 7. The van der Waals surface area contributed by atoms with E-state index in [-0.39, 0.29) is 5.75 Å². The zero-order valence-corrected chi connectivity index (χ0v) is 9.13. The van der Waals surface area contributed by atoms with Crippen LogP contribution in [0.3, 0.4) is 0 Å². The number of hydrogen-bond acceptors (Lipinski definition) is 4. The van der Waals surface area contributed by atoms with Crippen molar-refractivity contribution in [3.63, 3.8) is 0 Å². The average molecular weight is 224 g/mol. The van der Waals surface area contributed by atoms with Crippen molar-refractivity contribution >= 4 is 15.9 Å². The van der Waals surface area contributed by atoms with E-state index in [1.165, 1.54) is 0 Å². The van der Waals surface area contributed by atoms with Gasteiger partial charge in [-0.05, 0) is 12.3 Å². The van der Waals surface area contributed by atoms with Gasteiger partial charge in [-0.1, -0.05) is 18.7 Å². The van der Waals surface area contributed by atoms with Gasteiger partial charge in [-0.2, -0.15) is 0 Å². The van der Waals surface area contributed by atoms with Crippen LogP contribution >= 0.6 is 0 Å². The second-order valence-corrected chi connectivity index (χ2v) is 5.14. The minimum Gasteiger partial charge on any atom is -0.368 e.